The molecule has 0 spiro atoms. The summed E-state index contributed by atoms with van der Waals surface area (Å²) in [6.45, 7) is 0.520. The standard InChI is InChI=1S/C15H19N7O2/c1-20(2)14(24)15(12-8-16-5-6-18-12)4-3-7-22(15)13(23)9-21-11-17-10-19-21/h5-6,8,10-11H,3-4,7,9H2,1-2H3/t15-/m0/s1. The second-order valence-corrected chi connectivity index (χ2v) is 5.89. The lowest BCUT2D eigenvalue weighted by atomic mass is 9.90. The summed E-state index contributed by atoms with van der Waals surface area (Å²) >= 11 is 0. The lowest BCUT2D eigenvalue weighted by Gasteiger charge is -2.38. The molecule has 9 heteroatoms. The molecule has 1 aliphatic rings. The SMILES string of the molecule is CN(C)C(=O)[C@@]1(c2cnccn2)CCCN1C(=O)Cn1cncn1. The normalized spacial score (nSPS) is 20.2. The van der Waals surface area contributed by atoms with E-state index in [1.165, 1.54) is 22.2 Å². The molecule has 3 heterocycles. The first kappa shape index (κ1) is 16.0. The molecule has 3 rings (SSSR count). The van der Waals surface area contributed by atoms with Gasteiger partial charge in [-0.1, -0.05) is 0 Å². The summed E-state index contributed by atoms with van der Waals surface area (Å²) in [5.74, 6) is -0.369. The molecule has 0 unspecified atom stereocenters. The summed E-state index contributed by atoms with van der Waals surface area (Å²) in [7, 11) is 3.36. The predicted octanol–water partition coefficient (Wildman–Crippen LogP) is -0.326. The van der Waals surface area contributed by atoms with Crippen LogP contribution in [0.15, 0.2) is 31.2 Å². The number of nitrogens with zero attached hydrogens (tertiary/aromatic N) is 7. The smallest absolute Gasteiger partial charge is 0.254 e. The van der Waals surface area contributed by atoms with Crippen molar-refractivity contribution < 1.29 is 9.59 Å². The average molecular weight is 329 g/mol. The zero-order valence-corrected chi connectivity index (χ0v) is 13.7. The molecule has 0 N–H and O–H groups in total. The summed E-state index contributed by atoms with van der Waals surface area (Å²) in [5, 5.41) is 3.96. The maximum absolute atomic E-state index is 13.0. The van der Waals surface area contributed by atoms with Crippen LogP contribution >= 0.6 is 0 Å². The van der Waals surface area contributed by atoms with Gasteiger partial charge in [0.2, 0.25) is 5.91 Å². The number of amides is 2. The zero-order chi connectivity index (χ0) is 17.2. The minimum Gasteiger partial charge on any atom is -0.346 e. The molecule has 2 amide bonds. The summed E-state index contributed by atoms with van der Waals surface area (Å²) in [6.07, 6.45) is 8.74. The number of likely N-dealkylation sites (N-methyl/N-ethyl adjacent to an activating group) is 1. The third kappa shape index (κ3) is 2.61. The highest BCUT2D eigenvalue weighted by atomic mass is 16.2. The Morgan fingerprint density at radius 3 is 2.75 bits per heavy atom. The van der Waals surface area contributed by atoms with Crippen LogP contribution in [-0.2, 0) is 21.7 Å². The molecule has 24 heavy (non-hydrogen) atoms. The maximum Gasteiger partial charge on any atom is 0.254 e. The van der Waals surface area contributed by atoms with Gasteiger partial charge in [0.1, 0.15) is 19.2 Å². The highest BCUT2D eigenvalue weighted by molar-refractivity contribution is 5.92. The fourth-order valence-corrected chi connectivity index (χ4v) is 3.18. The quantitative estimate of drug-likeness (QED) is 0.762. The molecule has 2 aromatic rings. The lowest BCUT2D eigenvalue weighted by molar-refractivity contribution is -0.151. The van der Waals surface area contributed by atoms with Gasteiger partial charge in [0.15, 0.2) is 5.54 Å². The van der Waals surface area contributed by atoms with Gasteiger partial charge >= 0.3 is 0 Å². The summed E-state index contributed by atoms with van der Waals surface area (Å²) in [5.41, 5.74) is -0.622. The van der Waals surface area contributed by atoms with E-state index >= 15 is 0 Å². The molecule has 0 aliphatic carbocycles. The number of carbonyl (C=O) groups is 2. The fourth-order valence-electron chi connectivity index (χ4n) is 3.18. The average Bonchev–Trinajstić information content (AvgIpc) is 3.24. The van der Waals surface area contributed by atoms with Gasteiger partial charge in [-0.05, 0) is 12.8 Å². The van der Waals surface area contributed by atoms with E-state index in [9.17, 15) is 9.59 Å². The van der Waals surface area contributed by atoms with E-state index in [-0.39, 0.29) is 18.4 Å². The molecular formula is C15H19N7O2. The molecule has 0 aromatic carbocycles. The topological polar surface area (TPSA) is 97.1 Å². The van der Waals surface area contributed by atoms with E-state index < -0.39 is 5.54 Å². The van der Waals surface area contributed by atoms with E-state index in [0.717, 1.165) is 6.42 Å². The van der Waals surface area contributed by atoms with Crippen molar-refractivity contribution >= 4 is 11.8 Å². The van der Waals surface area contributed by atoms with Gasteiger partial charge in [-0.15, -0.1) is 0 Å². The first-order chi connectivity index (χ1) is 11.6. The third-order valence-corrected chi connectivity index (χ3v) is 4.19. The number of aromatic nitrogens is 5. The van der Waals surface area contributed by atoms with Crippen LogP contribution in [0.25, 0.3) is 0 Å². The molecule has 1 fully saturated rings. The van der Waals surface area contributed by atoms with E-state index in [1.54, 1.807) is 37.6 Å². The second kappa shape index (κ2) is 6.34. The van der Waals surface area contributed by atoms with Crippen LogP contribution in [0.4, 0.5) is 0 Å². The van der Waals surface area contributed by atoms with Crippen LogP contribution < -0.4 is 0 Å². The first-order valence-corrected chi connectivity index (χ1v) is 7.67. The Hall–Kier alpha value is -2.84. The van der Waals surface area contributed by atoms with Crippen molar-refractivity contribution in [3.8, 4) is 0 Å². The van der Waals surface area contributed by atoms with Crippen LogP contribution in [0.3, 0.4) is 0 Å². The van der Waals surface area contributed by atoms with Crippen LogP contribution in [0.2, 0.25) is 0 Å². The summed E-state index contributed by atoms with van der Waals surface area (Å²) < 4.78 is 1.45. The molecule has 1 saturated heterocycles. The third-order valence-electron chi connectivity index (χ3n) is 4.19. The van der Waals surface area contributed by atoms with E-state index in [0.29, 0.717) is 18.7 Å². The number of likely N-dealkylation sites (tertiary alicyclic amines) is 1. The molecule has 0 bridgehead atoms. The van der Waals surface area contributed by atoms with Crippen LogP contribution in [0.5, 0.6) is 0 Å². The molecule has 2 aromatic heterocycles. The Morgan fingerprint density at radius 2 is 2.12 bits per heavy atom. The van der Waals surface area contributed by atoms with Crippen molar-refractivity contribution in [2.75, 3.05) is 20.6 Å². The van der Waals surface area contributed by atoms with Crippen molar-refractivity contribution in [2.45, 2.75) is 24.9 Å². The Morgan fingerprint density at radius 1 is 1.29 bits per heavy atom. The van der Waals surface area contributed by atoms with Crippen LogP contribution in [0.1, 0.15) is 18.5 Å². The van der Waals surface area contributed by atoms with E-state index in [4.69, 9.17) is 0 Å². The van der Waals surface area contributed by atoms with Crippen LogP contribution in [-0.4, -0.2) is 67.0 Å². The van der Waals surface area contributed by atoms with Crippen molar-refractivity contribution in [1.29, 1.82) is 0 Å². The number of carbonyl (C=O) groups excluding carboxylic acids is 2. The van der Waals surface area contributed by atoms with E-state index in [2.05, 4.69) is 20.1 Å². The van der Waals surface area contributed by atoms with Gasteiger partial charge in [0.05, 0.1) is 11.9 Å². The van der Waals surface area contributed by atoms with Crippen LogP contribution in [0, 0.1) is 0 Å². The van der Waals surface area contributed by atoms with Gasteiger partial charge in [-0.3, -0.25) is 19.6 Å². The number of hydrogen-bond donors (Lipinski definition) is 0. The Labute approximate surface area is 139 Å². The van der Waals surface area contributed by atoms with Gasteiger partial charge in [-0.25, -0.2) is 9.67 Å². The first-order valence-electron chi connectivity index (χ1n) is 7.67. The Bertz CT molecular complexity index is 717. The summed E-state index contributed by atoms with van der Waals surface area (Å²) in [4.78, 5) is 41.2. The van der Waals surface area contributed by atoms with Gasteiger partial charge in [0.25, 0.3) is 5.91 Å². The van der Waals surface area contributed by atoms with Crippen molar-refractivity contribution in [3.63, 3.8) is 0 Å². The highest BCUT2D eigenvalue weighted by Crippen LogP contribution is 2.39. The molecule has 1 aliphatic heterocycles. The number of rotatable bonds is 4. The maximum atomic E-state index is 13.0. The molecule has 9 nitrogen and oxygen atoms in total. The molecule has 126 valence electrons. The lowest BCUT2D eigenvalue weighted by Crippen LogP contribution is -2.55. The predicted molar refractivity (Wildman–Crippen MR) is 83.4 cm³/mol. The highest BCUT2D eigenvalue weighted by Gasteiger charge is 2.53. The van der Waals surface area contributed by atoms with E-state index in [1.807, 2.05) is 0 Å². The summed E-state index contributed by atoms with van der Waals surface area (Å²) in [6, 6.07) is 0. The molecule has 0 radical (unpaired) electrons. The van der Waals surface area contributed by atoms with Gasteiger partial charge in [-0.2, -0.15) is 5.10 Å². The fraction of sp³-hybridized carbons (Fsp3) is 0.467. The van der Waals surface area contributed by atoms with Crippen molar-refractivity contribution in [2.24, 2.45) is 0 Å². The van der Waals surface area contributed by atoms with Gasteiger partial charge < -0.3 is 9.80 Å². The number of hydrogen-bond acceptors (Lipinski definition) is 6. The van der Waals surface area contributed by atoms with Crippen molar-refractivity contribution in [1.82, 2.24) is 34.5 Å². The molecule has 1 atom stereocenters. The molecule has 0 saturated carbocycles. The van der Waals surface area contributed by atoms with Crippen molar-refractivity contribution in [3.05, 3.63) is 36.9 Å². The largest absolute Gasteiger partial charge is 0.346 e. The minimum atomic E-state index is -1.12. The minimum absolute atomic E-state index is 0.0305. The zero-order valence-electron chi connectivity index (χ0n) is 13.7. The van der Waals surface area contributed by atoms with Gasteiger partial charge in [0, 0.05) is 33.0 Å². The molecular weight excluding hydrogens is 310 g/mol. The Balaban J connectivity index is 2.00. The Kier molecular flexibility index (Phi) is 4.24. The second-order valence-electron chi connectivity index (χ2n) is 5.89. The monoisotopic (exact) mass is 329 g/mol.